The molecular formula is C11H9BrCl2N2O. The molecule has 0 aliphatic carbocycles. The molecule has 17 heavy (non-hydrogen) atoms. The van der Waals surface area contributed by atoms with E-state index < -0.39 is 0 Å². The van der Waals surface area contributed by atoms with Gasteiger partial charge in [0.15, 0.2) is 11.6 Å². The predicted octanol–water partition coefficient (Wildman–Crippen LogP) is 4.93. The van der Waals surface area contributed by atoms with E-state index in [1.54, 1.807) is 12.3 Å². The highest BCUT2D eigenvalue weighted by Gasteiger charge is 2.18. The molecule has 2 rings (SSSR count). The zero-order chi connectivity index (χ0) is 12.6. The first-order chi connectivity index (χ1) is 8.00. The van der Waals surface area contributed by atoms with E-state index in [1.165, 1.54) is 0 Å². The van der Waals surface area contributed by atoms with Gasteiger partial charge in [-0.3, -0.25) is 0 Å². The van der Waals surface area contributed by atoms with Crippen LogP contribution in [0.25, 0.3) is 11.6 Å². The zero-order valence-corrected chi connectivity index (χ0v) is 12.3. The maximum Gasteiger partial charge on any atom is 0.199 e. The minimum absolute atomic E-state index is 0.170. The van der Waals surface area contributed by atoms with E-state index in [9.17, 15) is 0 Å². The molecule has 0 atom stereocenters. The smallest absolute Gasteiger partial charge is 0.199 e. The lowest BCUT2D eigenvalue weighted by Crippen LogP contribution is -1.99. The number of nitrogens with zero attached hydrogens (tertiary/aromatic N) is 2. The van der Waals surface area contributed by atoms with Gasteiger partial charge in [0.25, 0.3) is 0 Å². The Morgan fingerprint density at radius 2 is 1.82 bits per heavy atom. The summed E-state index contributed by atoms with van der Waals surface area (Å²) in [5, 5.41) is 0.719. The van der Waals surface area contributed by atoms with E-state index in [2.05, 4.69) is 25.9 Å². The summed E-state index contributed by atoms with van der Waals surface area (Å²) in [7, 11) is 0. The van der Waals surface area contributed by atoms with Gasteiger partial charge in [0, 0.05) is 5.56 Å². The molecule has 0 fully saturated rings. The Labute approximate surface area is 117 Å². The molecule has 0 aliphatic heterocycles. The summed E-state index contributed by atoms with van der Waals surface area (Å²) in [6.07, 6.45) is 1.54. The first-order valence-corrected chi connectivity index (χ1v) is 6.52. The Hall–Kier alpha value is -0.580. The van der Waals surface area contributed by atoms with E-state index >= 15 is 0 Å². The fraction of sp³-hybridized carbons (Fsp3) is 0.273. The lowest BCUT2D eigenvalue weighted by molar-refractivity contribution is 0.575. The molecule has 90 valence electrons. The van der Waals surface area contributed by atoms with Gasteiger partial charge in [-0.05, 0) is 27.9 Å². The highest BCUT2D eigenvalue weighted by molar-refractivity contribution is 9.10. The second-order valence-electron chi connectivity index (χ2n) is 3.79. The van der Waals surface area contributed by atoms with Gasteiger partial charge < -0.3 is 4.42 Å². The van der Waals surface area contributed by atoms with Crippen LogP contribution in [0.4, 0.5) is 0 Å². The first kappa shape index (κ1) is 12.9. The average Bonchev–Trinajstić information content (AvgIpc) is 2.62. The average molecular weight is 336 g/mol. The Kier molecular flexibility index (Phi) is 3.76. The minimum atomic E-state index is 0.170. The molecule has 2 heterocycles. The van der Waals surface area contributed by atoms with Crippen molar-refractivity contribution in [2.75, 3.05) is 0 Å². The van der Waals surface area contributed by atoms with E-state index in [0.717, 1.165) is 10.0 Å². The summed E-state index contributed by atoms with van der Waals surface area (Å²) < 4.78 is 6.04. The van der Waals surface area contributed by atoms with Crippen LogP contribution in [0, 0.1) is 0 Å². The summed E-state index contributed by atoms with van der Waals surface area (Å²) in [5.74, 6) is 1.06. The van der Waals surface area contributed by atoms with E-state index in [4.69, 9.17) is 27.6 Å². The number of rotatable bonds is 2. The third-order valence-electron chi connectivity index (χ3n) is 2.25. The van der Waals surface area contributed by atoms with Crippen LogP contribution in [0.3, 0.4) is 0 Å². The molecule has 0 aromatic carbocycles. The van der Waals surface area contributed by atoms with Crippen molar-refractivity contribution in [3.63, 3.8) is 0 Å². The molecule has 0 N–H and O–H groups in total. The van der Waals surface area contributed by atoms with Crippen molar-refractivity contribution < 1.29 is 4.42 Å². The largest absolute Gasteiger partial charge is 0.460 e. The number of furan rings is 1. The van der Waals surface area contributed by atoms with Crippen molar-refractivity contribution in [1.29, 1.82) is 0 Å². The van der Waals surface area contributed by atoms with Crippen molar-refractivity contribution in [2.45, 2.75) is 19.8 Å². The highest BCUT2D eigenvalue weighted by Crippen LogP contribution is 2.33. The number of aromatic nitrogens is 2. The quantitative estimate of drug-likeness (QED) is 0.730. The Bertz CT molecular complexity index is 531. The third kappa shape index (κ3) is 2.49. The number of halogens is 3. The normalized spacial score (nSPS) is 11.2. The predicted molar refractivity (Wildman–Crippen MR) is 71.5 cm³/mol. The third-order valence-corrected chi connectivity index (χ3v) is 3.45. The molecule has 0 saturated carbocycles. The van der Waals surface area contributed by atoms with Crippen molar-refractivity contribution in [1.82, 2.24) is 9.97 Å². The molecule has 0 spiro atoms. The van der Waals surface area contributed by atoms with E-state index in [1.807, 2.05) is 13.8 Å². The summed E-state index contributed by atoms with van der Waals surface area (Å²) >= 11 is 15.6. The van der Waals surface area contributed by atoms with Crippen LogP contribution in [0.15, 0.2) is 21.2 Å². The molecule has 6 heteroatoms. The van der Waals surface area contributed by atoms with Crippen molar-refractivity contribution in [3.8, 4) is 11.6 Å². The Balaban J connectivity index is 2.57. The van der Waals surface area contributed by atoms with Crippen LogP contribution in [0.1, 0.15) is 25.3 Å². The molecule has 0 amide bonds. The zero-order valence-electron chi connectivity index (χ0n) is 9.17. The van der Waals surface area contributed by atoms with E-state index in [-0.39, 0.29) is 5.92 Å². The maximum absolute atomic E-state index is 6.11. The summed E-state index contributed by atoms with van der Waals surface area (Å²) in [5.41, 5.74) is 0.750. The van der Waals surface area contributed by atoms with Crippen molar-refractivity contribution in [3.05, 3.63) is 32.7 Å². The second kappa shape index (κ2) is 4.96. The van der Waals surface area contributed by atoms with Gasteiger partial charge in [-0.25, -0.2) is 9.97 Å². The Morgan fingerprint density at radius 1 is 1.24 bits per heavy atom. The molecule has 2 aromatic rings. The highest BCUT2D eigenvalue weighted by atomic mass is 79.9. The van der Waals surface area contributed by atoms with Gasteiger partial charge in [-0.1, -0.05) is 37.0 Å². The number of hydrogen-bond donors (Lipinski definition) is 0. The maximum atomic E-state index is 6.11. The van der Waals surface area contributed by atoms with Crippen LogP contribution >= 0.6 is 39.1 Å². The minimum Gasteiger partial charge on any atom is -0.460 e. The fourth-order valence-corrected chi connectivity index (χ4v) is 2.65. The molecular weight excluding hydrogens is 327 g/mol. The first-order valence-electron chi connectivity index (χ1n) is 4.97. The van der Waals surface area contributed by atoms with Crippen LogP contribution in [-0.4, -0.2) is 9.97 Å². The summed E-state index contributed by atoms with van der Waals surface area (Å²) in [4.78, 5) is 8.41. The monoisotopic (exact) mass is 334 g/mol. The lowest BCUT2D eigenvalue weighted by Gasteiger charge is -2.10. The van der Waals surface area contributed by atoms with Crippen LogP contribution in [0.2, 0.25) is 10.3 Å². The molecule has 0 aliphatic rings. The summed E-state index contributed by atoms with van der Waals surface area (Å²) in [6.45, 7) is 3.97. The second-order valence-corrected chi connectivity index (χ2v) is 5.37. The van der Waals surface area contributed by atoms with Crippen molar-refractivity contribution >= 4 is 39.1 Å². The molecule has 0 saturated heterocycles. The van der Waals surface area contributed by atoms with Gasteiger partial charge in [-0.2, -0.15) is 0 Å². The number of hydrogen-bond acceptors (Lipinski definition) is 3. The van der Waals surface area contributed by atoms with Crippen LogP contribution in [-0.2, 0) is 0 Å². The molecule has 2 aromatic heterocycles. The summed E-state index contributed by atoms with van der Waals surface area (Å²) in [6, 6.07) is 1.76. The standard InChI is InChI=1S/C11H9BrCl2N2O/c1-5(2)7-9(13)15-11(16-10(7)14)8-6(12)3-4-17-8/h3-5H,1-2H3. The van der Waals surface area contributed by atoms with Gasteiger partial charge in [-0.15, -0.1) is 0 Å². The van der Waals surface area contributed by atoms with Crippen LogP contribution in [0.5, 0.6) is 0 Å². The SMILES string of the molecule is CC(C)c1c(Cl)nc(-c2occc2Br)nc1Cl. The lowest BCUT2D eigenvalue weighted by atomic mass is 10.1. The van der Waals surface area contributed by atoms with Crippen LogP contribution < -0.4 is 0 Å². The van der Waals surface area contributed by atoms with Gasteiger partial charge >= 0.3 is 0 Å². The van der Waals surface area contributed by atoms with Gasteiger partial charge in [0.1, 0.15) is 10.3 Å². The van der Waals surface area contributed by atoms with E-state index in [0.29, 0.717) is 21.9 Å². The van der Waals surface area contributed by atoms with Gasteiger partial charge in [0.2, 0.25) is 0 Å². The molecule has 0 unspecified atom stereocenters. The van der Waals surface area contributed by atoms with Crippen molar-refractivity contribution in [2.24, 2.45) is 0 Å². The molecule has 3 nitrogen and oxygen atoms in total. The molecule has 0 radical (unpaired) electrons. The molecule has 0 bridgehead atoms. The van der Waals surface area contributed by atoms with Gasteiger partial charge in [0.05, 0.1) is 10.7 Å². The topological polar surface area (TPSA) is 38.9 Å². The Morgan fingerprint density at radius 3 is 2.24 bits per heavy atom. The fourth-order valence-electron chi connectivity index (χ4n) is 1.45.